The molecule has 0 aliphatic carbocycles. The van der Waals surface area contributed by atoms with Crippen molar-refractivity contribution < 1.29 is 9.72 Å². The Morgan fingerprint density at radius 1 is 1.41 bits per heavy atom. The van der Waals surface area contributed by atoms with Gasteiger partial charge >= 0.3 is 0 Å². The van der Waals surface area contributed by atoms with Crippen LogP contribution < -0.4 is 10.6 Å². The molecule has 0 unspecified atom stereocenters. The number of carbonyl (C=O) groups excluding carboxylic acids is 1. The smallest absolute Gasteiger partial charge is 0.293 e. The maximum Gasteiger partial charge on any atom is 0.293 e. The monoisotopic (exact) mass is 303 g/mol. The summed E-state index contributed by atoms with van der Waals surface area (Å²) in [4.78, 5) is 22.2. The van der Waals surface area contributed by atoms with E-state index in [2.05, 4.69) is 15.7 Å². The standard InChI is InChI=1S/C14H17N5O3/c1-9(2)18-8-11(7-16-18)17-12-5-4-10(14(20)15-3)6-13(12)19(21)22/h4-9,17H,1-3H3,(H,15,20). The Morgan fingerprint density at radius 3 is 2.68 bits per heavy atom. The third-order valence-electron chi connectivity index (χ3n) is 3.09. The van der Waals surface area contributed by atoms with E-state index >= 15 is 0 Å². The molecule has 8 heteroatoms. The van der Waals surface area contributed by atoms with Crippen molar-refractivity contribution in [1.82, 2.24) is 15.1 Å². The summed E-state index contributed by atoms with van der Waals surface area (Å²) in [5.74, 6) is -0.373. The number of nitro benzene ring substituents is 1. The molecule has 0 bridgehead atoms. The van der Waals surface area contributed by atoms with Crippen LogP contribution in [0.15, 0.2) is 30.6 Å². The first kappa shape index (κ1) is 15.5. The molecule has 2 N–H and O–H groups in total. The first-order valence-electron chi connectivity index (χ1n) is 6.74. The number of carbonyl (C=O) groups is 1. The molecule has 116 valence electrons. The molecule has 0 saturated carbocycles. The molecule has 0 aliphatic heterocycles. The van der Waals surface area contributed by atoms with Crippen molar-refractivity contribution in [2.45, 2.75) is 19.9 Å². The minimum atomic E-state index is -0.526. The van der Waals surface area contributed by atoms with Crippen LogP contribution in [0.4, 0.5) is 17.1 Å². The van der Waals surface area contributed by atoms with Gasteiger partial charge in [-0.1, -0.05) is 0 Å². The van der Waals surface area contributed by atoms with E-state index in [-0.39, 0.29) is 23.2 Å². The van der Waals surface area contributed by atoms with Gasteiger partial charge in [-0.3, -0.25) is 19.6 Å². The van der Waals surface area contributed by atoms with Crippen molar-refractivity contribution in [3.8, 4) is 0 Å². The predicted molar refractivity (Wildman–Crippen MR) is 82.4 cm³/mol. The van der Waals surface area contributed by atoms with Gasteiger partial charge < -0.3 is 10.6 Å². The third kappa shape index (κ3) is 3.22. The Kier molecular flexibility index (Phi) is 4.40. The highest BCUT2D eigenvalue weighted by atomic mass is 16.6. The van der Waals surface area contributed by atoms with Crippen LogP contribution in [0.2, 0.25) is 0 Å². The van der Waals surface area contributed by atoms with Crippen LogP contribution in [-0.2, 0) is 0 Å². The largest absolute Gasteiger partial charge is 0.355 e. The Labute approximate surface area is 127 Å². The van der Waals surface area contributed by atoms with Crippen LogP contribution in [0.3, 0.4) is 0 Å². The number of anilines is 2. The van der Waals surface area contributed by atoms with E-state index in [4.69, 9.17) is 0 Å². The molecule has 1 amide bonds. The molecule has 1 aromatic heterocycles. The number of hydrogen-bond acceptors (Lipinski definition) is 5. The fourth-order valence-electron chi connectivity index (χ4n) is 1.91. The number of amides is 1. The molecule has 2 aromatic rings. The zero-order valence-electron chi connectivity index (χ0n) is 12.5. The van der Waals surface area contributed by atoms with Crippen LogP contribution in [0.1, 0.15) is 30.2 Å². The van der Waals surface area contributed by atoms with Crippen LogP contribution in [-0.4, -0.2) is 27.7 Å². The SMILES string of the molecule is CNC(=O)c1ccc(Nc2cnn(C(C)C)c2)c([N+](=O)[O-])c1. The minimum absolute atomic E-state index is 0.168. The molecule has 0 radical (unpaired) electrons. The van der Waals surface area contributed by atoms with Crippen LogP contribution in [0, 0.1) is 10.1 Å². The summed E-state index contributed by atoms with van der Waals surface area (Å²) in [6.07, 6.45) is 3.36. The van der Waals surface area contributed by atoms with Crippen molar-refractivity contribution in [1.29, 1.82) is 0 Å². The fourth-order valence-corrected chi connectivity index (χ4v) is 1.91. The topological polar surface area (TPSA) is 102 Å². The zero-order chi connectivity index (χ0) is 16.3. The molecule has 1 heterocycles. The summed E-state index contributed by atoms with van der Waals surface area (Å²) in [5, 5.41) is 20.8. The van der Waals surface area contributed by atoms with E-state index in [9.17, 15) is 14.9 Å². The molecule has 0 atom stereocenters. The highest BCUT2D eigenvalue weighted by molar-refractivity contribution is 5.95. The average molecular weight is 303 g/mol. The number of hydrogen-bond donors (Lipinski definition) is 2. The van der Waals surface area contributed by atoms with Crippen molar-refractivity contribution >= 4 is 23.0 Å². The lowest BCUT2D eigenvalue weighted by atomic mass is 10.1. The molecule has 8 nitrogen and oxygen atoms in total. The Morgan fingerprint density at radius 2 is 2.14 bits per heavy atom. The molecular formula is C14H17N5O3. The second-order valence-electron chi connectivity index (χ2n) is 5.00. The lowest BCUT2D eigenvalue weighted by Gasteiger charge is -2.07. The number of nitro groups is 1. The summed E-state index contributed by atoms with van der Waals surface area (Å²) in [6.45, 7) is 3.97. The van der Waals surface area contributed by atoms with Crippen molar-refractivity contribution in [2.75, 3.05) is 12.4 Å². The maximum absolute atomic E-state index is 11.6. The Bertz CT molecular complexity index is 708. The first-order valence-corrected chi connectivity index (χ1v) is 6.74. The van der Waals surface area contributed by atoms with E-state index in [1.807, 2.05) is 13.8 Å². The molecule has 0 saturated heterocycles. The lowest BCUT2D eigenvalue weighted by molar-refractivity contribution is -0.383. The molecule has 0 fully saturated rings. The maximum atomic E-state index is 11.6. The van der Waals surface area contributed by atoms with Gasteiger partial charge in [0.05, 0.1) is 16.8 Å². The quantitative estimate of drug-likeness (QED) is 0.652. The highest BCUT2D eigenvalue weighted by Crippen LogP contribution is 2.28. The molecule has 22 heavy (non-hydrogen) atoms. The van der Waals surface area contributed by atoms with Crippen LogP contribution in [0.5, 0.6) is 0 Å². The van der Waals surface area contributed by atoms with E-state index in [1.165, 1.54) is 25.2 Å². The number of nitrogens with zero attached hydrogens (tertiary/aromatic N) is 3. The Hall–Kier alpha value is -2.90. The van der Waals surface area contributed by atoms with Gasteiger partial charge in [-0.05, 0) is 26.0 Å². The number of rotatable bonds is 5. The summed E-state index contributed by atoms with van der Waals surface area (Å²) in [7, 11) is 1.47. The second-order valence-corrected chi connectivity index (χ2v) is 5.00. The predicted octanol–water partition coefficient (Wildman–Crippen LogP) is 2.48. The minimum Gasteiger partial charge on any atom is -0.355 e. The van der Waals surface area contributed by atoms with E-state index in [0.29, 0.717) is 11.4 Å². The number of benzene rings is 1. The zero-order valence-corrected chi connectivity index (χ0v) is 12.5. The van der Waals surface area contributed by atoms with Gasteiger partial charge in [-0.2, -0.15) is 5.10 Å². The van der Waals surface area contributed by atoms with Crippen LogP contribution >= 0.6 is 0 Å². The number of nitrogens with one attached hydrogen (secondary N) is 2. The molecule has 0 aliphatic rings. The van der Waals surface area contributed by atoms with Gasteiger partial charge in [0, 0.05) is 30.9 Å². The summed E-state index contributed by atoms with van der Waals surface area (Å²) >= 11 is 0. The molecule has 2 rings (SSSR count). The first-order chi connectivity index (χ1) is 10.4. The van der Waals surface area contributed by atoms with Crippen molar-refractivity contribution in [3.05, 3.63) is 46.3 Å². The number of aromatic nitrogens is 2. The van der Waals surface area contributed by atoms with Gasteiger partial charge in [0.1, 0.15) is 5.69 Å². The van der Waals surface area contributed by atoms with Gasteiger partial charge in [-0.25, -0.2) is 0 Å². The van der Waals surface area contributed by atoms with Crippen LogP contribution in [0.25, 0.3) is 0 Å². The summed E-state index contributed by atoms with van der Waals surface area (Å²) in [5.41, 5.74) is 1.02. The van der Waals surface area contributed by atoms with E-state index < -0.39 is 4.92 Å². The van der Waals surface area contributed by atoms with Gasteiger partial charge in [0.25, 0.3) is 11.6 Å². The van der Waals surface area contributed by atoms with E-state index in [0.717, 1.165) is 0 Å². The molecule has 1 aromatic carbocycles. The third-order valence-corrected chi connectivity index (χ3v) is 3.09. The fraction of sp³-hybridized carbons (Fsp3) is 0.286. The van der Waals surface area contributed by atoms with Gasteiger partial charge in [0.15, 0.2) is 0 Å². The van der Waals surface area contributed by atoms with Gasteiger partial charge in [-0.15, -0.1) is 0 Å². The van der Waals surface area contributed by atoms with Crippen molar-refractivity contribution in [2.24, 2.45) is 0 Å². The summed E-state index contributed by atoms with van der Waals surface area (Å²) in [6, 6.07) is 4.48. The van der Waals surface area contributed by atoms with Gasteiger partial charge in [0.2, 0.25) is 0 Å². The molecular weight excluding hydrogens is 286 g/mol. The van der Waals surface area contributed by atoms with Crippen molar-refractivity contribution in [3.63, 3.8) is 0 Å². The summed E-state index contributed by atoms with van der Waals surface area (Å²) < 4.78 is 1.74. The van der Waals surface area contributed by atoms with E-state index in [1.54, 1.807) is 17.1 Å². The average Bonchev–Trinajstić information content (AvgIpc) is 2.95. The normalized spacial score (nSPS) is 10.5. The molecule has 0 spiro atoms. The second kappa shape index (κ2) is 6.25. The highest BCUT2D eigenvalue weighted by Gasteiger charge is 2.17. The lowest BCUT2D eigenvalue weighted by Crippen LogP contribution is -2.17. The Balaban J connectivity index is 2.33.